The molecule has 0 radical (unpaired) electrons. The molecule has 1 aromatic carbocycles. The molecule has 0 saturated heterocycles. The minimum Gasteiger partial charge on any atom is -0.368 e. The second-order valence-electron chi connectivity index (χ2n) is 4.51. The van der Waals surface area contributed by atoms with Gasteiger partial charge in [-0.2, -0.15) is 11.8 Å². The van der Waals surface area contributed by atoms with Gasteiger partial charge in [0.25, 0.3) is 0 Å². The van der Waals surface area contributed by atoms with Crippen LogP contribution in [0.3, 0.4) is 0 Å². The lowest BCUT2D eigenvalue weighted by Crippen LogP contribution is -2.53. The van der Waals surface area contributed by atoms with Crippen LogP contribution in [0.15, 0.2) is 30.3 Å². The number of hydrogen-bond donors (Lipinski definition) is 2. The molecule has 0 spiro atoms. The first-order valence-electron chi connectivity index (χ1n) is 6.85. The molecule has 0 heterocycles. The third-order valence-electron chi connectivity index (χ3n) is 3.19. The van der Waals surface area contributed by atoms with E-state index >= 15 is 0 Å². The van der Waals surface area contributed by atoms with Gasteiger partial charge in [0.1, 0.15) is 5.54 Å². The van der Waals surface area contributed by atoms with E-state index in [1.165, 1.54) is 0 Å². The summed E-state index contributed by atoms with van der Waals surface area (Å²) in [6.07, 6.45) is 1.70. The molecule has 0 aliphatic heterocycles. The Morgan fingerprint density at radius 2 is 2.00 bits per heavy atom. The van der Waals surface area contributed by atoms with Gasteiger partial charge in [0.05, 0.1) is 0 Å². The van der Waals surface area contributed by atoms with Crippen LogP contribution in [0.25, 0.3) is 0 Å². The lowest BCUT2D eigenvalue weighted by molar-refractivity contribution is -0.125. The molecule has 0 bridgehead atoms. The maximum atomic E-state index is 12.1. The van der Waals surface area contributed by atoms with Gasteiger partial charge >= 0.3 is 0 Å². The summed E-state index contributed by atoms with van der Waals surface area (Å²) in [6, 6.07) is 9.81. The van der Waals surface area contributed by atoms with Crippen molar-refractivity contribution in [2.45, 2.75) is 32.2 Å². The molecule has 0 aliphatic carbocycles. The van der Waals surface area contributed by atoms with E-state index in [0.717, 1.165) is 36.5 Å². The second kappa shape index (κ2) is 8.23. The number of amides is 1. The van der Waals surface area contributed by atoms with Gasteiger partial charge in [-0.3, -0.25) is 10.1 Å². The predicted octanol–water partition coefficient (Wildman–Crippen LogP) is 2.51. The molecule has 0 aromatic heterocycles. The molecule has 106 valence electrons. The van der Waals surface area contributed by atoms with E-state index in [4.69, 9.17) is 5.73 Å². The van der Waals surface area contributed by atoms with Crippen molar-refractivity contribution in [2.24, 2.45) is 5.73 Å². The maximum absolute atomic E-state index is 12.1. The van der Waals surface area contributed by atoms with Gasteiger partial charge < -0.3 is 5.73 Å². The zero-order valence-corrected chi connectivity index (χ0v) is 12.6. The van der Waals surface area contributed by atoms with Gasteiger partial charge in [0.2, 0.25) is 5.91 Å². The lowest BCUT2D eigenvalue weighted by Gasteiger charge is -2.32. The van der Waals surface area contributed by atoms with Crippen molar-refractivity contribution in [2.75, 3.05) is 18.1 Å². The summed E-state index contributed by atoms with van der Waals surface area (Å²) in [5, 5.41) is 3.37. The van der Waals surface area contributed by atoms with Gasteiger partial charge in [-0.1, -0.05) is 44.2 Å². The van der Waals surface area contributed by atoms with E-state index in [1.54, 1.807) is 0 Å². The number of benzene rings is 1. The molecule has 3 nitrogen and oxygen atoms in total. The summed E-state index contributed by atoms with van der Waals surface area (Å²) in [7, 11) is 0. The number of nitrogens with one attached hydrogen (secondary N) is 1. The Kier molecular flexibility index (Phi) is 6.95. The monoisotopic (exact) mass is 280 g/mol. The van der Waals surface area contributed by atoms with Gasteiger partial charge in [0.15, 0.2) is 0 Å². The Hall–Kier alpha value is -1.00. The Morgan fingerprint density at radius 1 is 1.32 bits per heavy atom. The number of hydrogen-bond acceptors (Lipinski definition) is 3. The number of rotatable bonds is 9. The Morgan fingerprint density at radius 3 is 2.53 bits per heavy atom. The van der Waals surface area contributed by atoms with Crippen molar-refractivity contribution < 1.29 is 4.79 Å². The molecule has 4 heteroatoms. The Balaban J connectivity index is 3.00. The van der Waals surface area contributed by atoms with Crippen LogP contribution in [0.1, 0.15) is 32.3 Å². The van der Waals surface area contributed by atoms with Crippen LogP contribution in [-0.4, -0.2) is 24.0 Å². The molecule has 1 amide bonds. The average molecular weight is 280 g/mol. The molecule has 3 N–H and O–H groups in total. The first-order valence-corrected chi connectivity index (χ1v) is 8.01. The quantitative estimate of drug-likeness (QED) is 0.683. The third kappa shape index (κ3) is 4.25. The largest absolute Gasteiger partial charge is 0.368 e. The van der Waals surface area contributed by atoms with Gasteiger partial charge in [0, 0.05) is 0 Å². The van der Waals surface area contributed by atoms with Gasteiger partial charge in [-0.25, -0.2) is 0 Å². The number of primary amides is 1. The molecule has 1 rings (SSSR count). The molecular formula is C15H24N2OS. The zero-order chi connectivity index (χ0) is 14.1. The third-order valence-corrected chi connectivity index (χ3v) is 4.09. The predicted molar refractivity (Wildman–Crippen MR) is 83.2 cm³/mol. The molecule has 0 fully saturated rings. The second-order valence-corrected chi connectivity index (χ2v) is 5.90. The highest BCUT2D eigenvalue weighted by Crippen LogP contribution is 2.27. The summed E-state index contributed by atoms with van der Waals surface area (Å²) in [4.78, 5) is 12.1. The normalized spacial score (nSPS) is 14.0. The fourth-order valence-corrected chi connectivity index (χ4v) is 2.86. The highest BCUT2D eigenvalue weighted by Gasteiger charge is 2.37. The number of nitrogens with two attached hydrogens (primary N) is 1. The average Bonchev–Trinajstić information content (AvgIpc) is 2.43. The van der Waals surface area contributed by atoms with Crippen molar-refractivity contribution in [3.8, 4) is 0 Å². The minimum atomic E-state index is -0.737. The fourth-order valence-electron chi connectivity index (χ4n) is 2.12. The van der Waals surface area contributed by atoms with E-state index in [0.29, 0.717) is 0 Å². The van der Waals surface area contributed by atoms with Crippen LogP contribution in [0.2, 0.25) is 0 Å². The minimum absolute atomic E-state index is 0.288. The van der Waals surface area contributed by atoms with Crippen molar-refractivity contribution in [3.05, 3.63) is 35.9 Å². The van der Waals surface area contributed by atoms with E-state index in [2.05, 4.69) is 19.2 Å². The van der Waals surface area contributed by atoms with Crippen LogP contribution < -0.4 is 11.1 Å². The van der Waals surface area contributed by atoms with Crippen LogP contribution >= 0.6 is 11.8 Å². The van der Waals surface area contributed by atoms with Crippen molar-refractivity contribution in [1.29, 1.82) is 0 Å². The van der Waals surface area contributed by atoms with Crippen LogP contribution in [-0.2, 0) is 10.3 Å². The summed E-state index contributed by atoms with van der Waals surface area (Å²) in [6.45, 7) is 5.00. The van der Waals surface area contributed by atoms with Crippen LogP contribution in [0, 0.1) is 0 Å². The zero-order valence-electron chi connectivity index (χ0n) is 11.8. The van der Waals surface area contributed by atoms with E-state index in [9.17, 15) is 4.79 Å². The maximum Gasteiger partial charge on any atom is 0.242 e. The lowest BCUT2D eigenvalue weighted by atomic mass is 9.86. The molecule has 19 heavy (non-hydrogen) atoms. The SMILES string of the molecule is CCCNC(CCSCC)(C(N)=O)c1ccccc1. The summed E-state index contributed by atoms with van der Waals surface area (Å²) < 4.78 is 0. The number of thioether (sulfide) groups is 1. The smallest absolute Gasteiger partial charge is 0.242 e. The summed E-state index contributed by atoms with van der Waals surface area (Å²) in [5.41, 5.74) is 5.94. The Labute approximate surface area is 120 Å². The topological polar surface area (TPSA) is 55.1 Å². The number of carbonyl (C=O) groups is 1. The first kappa shape index (κ1) is 16.1. The molecule has 0 aliphatic rings. The van der Waals surface area contributed by atoms with Crippen LogP contribution in [0.4, 0.5) is 0 Å². The van der Waals surface area contributed by atoms with E-state index < -0.39 is 5.54 Å². The van der Waals surface area contributed by atoms with Crippen molar-refractivity contribution in [3.63, 3.8) is 0 Å². The van der Waals surface area contributed by atoms with Gasteiger partial charge in [-0.15, -0.1) is 0 Å². The first-order chi connectivity index (χ1) is 9.17. The molecule has 1 unspecified atom stereocenters. The van der Waals surface area contributed by atoms with Gasteiger partial charge in [-0.05, 0) is 36.5 Å². The molecule has 1 aromatic rings. The molecular weight excluding hydrogens is 256 g/mol. The standard InChI is InChI=1S/C15H24N2OS/c1-3-11-17-15(14(16)18,10-12-19-4-2)13-8-6-5-7-9-13/h5-9,17H,3-4,10-12H2,1-2H3,(H2,16,18). The van der Waals surface area contributed by atoms with E-state index in [1.807, 2.05) is 42.1 Å². The Bertz CT molecular complexity index is 383. The van der Waals surface area contributed by atoms with Crippen LogP contribution in [0.5, 0.6) is 0 Å². The molecule has 1 atom stereocenters. The molecule has 0 saturated carbocycles. The van der Waals surface area contributed by atoms with Crippen molar-refractivity contribution >= 4 is 17.7 Å². The fraction of sp³-hybridized carbons (Fsp3) is 0.533. The summed E-state index contributed by atoms with van der Waals surface area (Å²) in [5.74, 6) is 1.69. The number of carbonyl (C=O) groups excluding carboxylic acids is 1. The highest BCUT2D eigenvalue weighted by molar-refractivity contribution is 7.99. The summed E-state index contributed by atoms with van der Waals surface area (Å²) >= 11 is 1.83. The van der Waals surface area contributed by atoms with E-state index in [-0.39, 0.29) is 5.91 Å². The van der Waals surface area contributed by atoms with Crippen molar-refractivity contribution in [1.82, 2.24) is 5.32 Å². The highest BCUT2D eigenvalue weighted by atomic mass is 32.2.